The number of allylic oxidation sites excluding steroid dienone is 2. The molecule has 0 saturated heterocycles. The Morgan fingerprint density at radius 3 is 2.35 bits per heavy atom. The van der Waals surface area contributed by atoms with Crippen molar-refractivity contribution in [3.63, 3.8) is 0 Å². The van der Waals surface area contributed by atoms with Crippen molar-refractivity contribution >= 4 is 12.2 Å². The Bertz CT molecular complexity index is 624. The summed E-state index contributed by atoms with van der Waals surface area (Å²) in [6, 6.07) is 6.89. The summed E-state index contributed by atoms with van der Waals surface area (Å²) in [6.45, 7) is 13.8. The highest BCUT2D eigenvalue weighted by Crippen LogP contribution is 2.30. The minimum absolute atomic E-state index is 0.259. The van der Waals surface area contributed by atoms with E-state index in [1.165, 1.54) is 21.6 Å². The van der Waals surface area contributed by atoms with Gasteiger partial charge in [0, 0.05) is 0 Å². The van der Waals surface area contributed by atoms with Gasteiger partial charge in [0.1, 0.15) is 0 Å². The highest BCUT2D eigenvalue weighted by atomic mass is 14.2. The third-order valence-electron chi connectivity index (χ3n) is 4.72. The van der Waals surface area contributed by atoms with E-state index in [9.17, 15) is 0 Å². The molecule has 2 rings (SSSR count). The monoisotopic (exact) mass is 268 g/mol. The van der Waals surface area contributed by atoms with Crippen LogP contribution in [0.1, 0.15) is 59.4 Å². The molecule has 0 N–H and O–H groups in total. The summed E-state index contributed by atoms with van der Waals surface area (Å²) in [7, 11) is 0. The summed E-state index contributed by atoms with van der Waals surface area (Å²) in [5.74, 6) is 1.26. The summed E-state index contributed by atoms with van der Waals surface area (Å²) in [6.07, 6.45) is 8.26. The van der Waals surface area contributed by atoms with Gasteiger partial charge >= 0.3 is 0 Å². The fraction of sp³-hybridized carbons (Fsp3) is 0.500. The molecule has 0 bridgehead atoms. The van der Waals surface area contributed by atoms with Gasteiger partial charge in [0.05, 0.1) is 0 Å². The van der Waals surface area contributed by atoms with Crippen molar-refractivity contribution in [2.75, 3.05) is 0 Å². The highest BCUT2D eigenvalue weighted by Gasteiger charge is 2.19. The average Bonchev–Trinajstić information content (AvgIpc) is 2.37. The molecule has 0 heterocycles. The van der Waals surface area contributed by atoms with Gasteiger partial charge in [-0.1, -0.05) is 78.0 Å². The molecule has 0 heteroatoms. The largest absolute Gasteiger partial charge is 0.0750 e. The van der Waals surface area contributed by atoms with Gasteiger partial charge in [0.15, 0.2) is 0 Å². The third-order valence-corrected chi connectivity index (χ3v) is 4.72. The molecule has 20 heavy (non-hydrogen) atoms. The standard InChI is InChI=1S/C20H28/c1-14(2)17-9-10-18-11-16(7-8-19(18)12-17)13-20(5,6)15(3)4/h8-15H,7H2,1-6H3/b16-13+. The molecular weight excluding hydrogens is 240 g/mol. The fourth-order valence-corrected chi connectivity index (χ4v) is 2.49. The van der Waals surface area contributed by atoms with Crippen LogP contribution < -0.4 is 10.4 Å². The maximum atomic E-state index is 2.45. The van der Waals surface area contributed by atoms with Crippen LogP contribution in [0.5, 0.6) is 0 Å². The summed E-state index contributed by atoms with van der Waals surface area (Å²) in [5, 5.41) is 2.77. The van der Waals surface area contributed by atoms with Crippen LogP contribution in [0.2, 0.25) is 0 Å². The maximum Gasteiger partial charge on any atom is -0.00910 e. The lowest BCUT2D eigenvalue weighted by Crippen LogP contribution is -2.28. The fourth-order valence-electron chi connectivity index (χ4n) is 2.49. The number of hydrogen-bond donors (Lipinski definition) is 0. The third kappa shape index (κ3) is 3.23. The van der Waals surface area contributed by atoms with Crippen LogP contribution in [0.3, 0.4) is 0 Å². The van der Waals surface area contributed by atoms with Gasteiger partial charge in [0.2, 0.25) is 0 Å². The quantitative estimate of drug-likeness (QED) is 0.763. The minimum Gasteiger partial charge on any atom is -0.0750 e. The molecule has 0 nitrogen and oxygen atoms in total. The SMILES string of the molecule is CC(C)c1ccc2c(c1)=CC/C(=C\C(C)(C)C(C)C)C=2. The number of fused-ring (bicyclic) bond motifs is 1. The first-order valence-corrected chi connectivity index (χ1v) is 7.83. The second kappa shape index (κ2) is 5.60. The zero-order valence-electron chi connectivity index (χ0n) is 13.8. The first-order valence-electron chi connectivity index (χ1n) is 7.83. The summed E-state index contributed by atoms with van der Waals surface area (Å²) >= 11 is 0. The second-order valence-electron chi connectivity index (χ2n) is 7.29. The summed E-state index contributed by atoms with van der Waals surface area (Å²) in [5.41, 5.74) is 3.14. The summed E-state index contributed by atoms with van der Waals surface area (Å²) in [4.78, 5) is 0. The molecule has 1 aliphatic rings. The number of benzene rings is 1. The van der Waals surface area contributed by atoms with Gasteiger partial charge < -0.3 is 0 Å². The van der Waals surface area contributed by atoms with Gasteiger partial charge in [-0.15, -0.1) is 0 Å². The molecular formula is C20H28. The highest BCUT2D eigenvalue weighted by molar-refractivity contribution is 5.56. The molecule has 0 spiro atoms. The molecule has 0 atom stereocenters. The smallest absolute Gasteiger partial charge is 0.00910 e. The average molecular weight is 268 g/mol. The molecule has 108 valence electrons. The van der Waals surface area contributed by atoms with Crippen LogP contribution in [-0.2, 0) is 0 Å². The van der Waals surface area contributed by atoms with Gasteiger partial charge in [-0.3, -0.25) is 0 Å². The Labute approximate surface area is 123 Å². The number of rotatable bonds is 3. The van der Waals surface area contributed by atoms with Gasteiger partial charge in [-0.25, -0.2) is 0 Å². The van der Waals surface area contributed by atoms with Crippen molar-refractivity contribution < 1.29 is 0 Å². The van der Waals surface area contributed by atoms with Crippen molar-refractivity contribution in [2.24, 2.45) is 11.3 Å². The molecule has 0 unspecified atom stereocenters. The molecule has 0 fully saturated rings. The molecule has 0 saturated carbocycles. The van der Waals surface area contributed by atoms with E-state index in [4.69, 9.17) is 0 Å². The molecule has 0 aliphatic heterocycles. The van der Waals surface area contributed by atoms with E-state index in [1.807, 2.05) is 0 Å². The second-order valence-corrected chi connectivity index (χ2v) is 7.29. The van der Waals surface area contributed by atoms with Crippen molar-refractivity contribution in [3.8, 4) is 0 Å². The van der Waals surface area contributed by atoms with Crippen LogP contribution in [-0.4, -0.2) is 0 Å². The normalized spacial score (nSPS) is 17.1. The zero-order chi connectivity index (χ0) is 14.9. The Morgan fingerprint density at radius 2 is 1.75 bits per heavy atom. The van der Waals surface area contributed by atoms with Crippen LogP contribution in [0.15, 0.2) is 29.8 Å². The first kappa shape index (κ1) is 15.1. The van der Waals surface area contributed by atoms with Gasteiger partial charge in [0.25, 0.3) is 0 Å². The van der Waals surface area contributed by atoms with Gasteiger partial charge in [-0.2, -0.15) is 0 Å². The lowest BCUT2D eigenvalue weighted by atomic mass is 9.79. The minimum atomic E-state index is 0.259. The van der Waals surface area contributed by atoms with Crippen molar-refractivity contribution in [2.45, 2.75) is 53.9 Å². The van der Waals surface area contributed by atoms with E-state index < -0.39 is 0 Å². The van der Waals surface area contributed by atoms with Crippen molar-refractivity contribution in [3.05, 3.63) is 45.8 Å². The first-order chi connectivity index (χ1) is 9.29. The van der Waals surface area contributed by atoms with Gasteiger partial charge in [-0.05, 0) is 45.2 Å². The van der Waals surface area contributed by atoms with Crippen molar-refractivity contribution in [1.82, 2.24) is 0 Å². The molecule has 0 amide bonds. The van der Waals surface area contributed by atoms with E-state index in [-0.39, 0.29) is 5.41 Å². The van der Waals surface area contributed by atoms with E-state index in [1.54, 1.807) is 0 Å². The Morgan fingerprint density at radius 1 is 1.05 bits per heavy atom. The Balaban J connectivity index is 2.41. The lowest BCUT2D eigenvalue weighted by Gasteiger charge is -2.26. The molecule has 0 radical (unpaired) electrons. The lowest BCUT2D eigenvalue weighted by molar-refractivity contribution is 0.331. The van der Waals surface area contributed by atoms with E-state index in [0.29, 0.717) is 11.8 Å². The number of hydrogen-bond acceptors (Lipinski definition) is 0. The Hall–Kier alpha value is -1.30. The van der Waals surface area contributed by atoms with E-state index in [0.717, 1.165) is 6.42 Å². The molecule has 0 aromatic heterocycles. The molecule has 1 aliphatic carbocycles. The van der Waals surface area contributed by atoms with Crippen LogP contribution in [0.4, 0.5) is 0 Å². The Kier molecular flexibility index (Phi) is 4.22. The van der Waals surface area contributed by atoms with E-state index >= 15 is 0 Å². The molecule has 1 aromatic carbocycles. The van der Waals surface area contributed by atoms with Crippen LogP contribution >= 0.6 is 0 Å². The summed E-state index contributed by atoms with van der Waals surface area (Å²) < 4.78 is 0. The van der Waals surface area contributed by atoms with E-state index in [2.05, 4.69) is 78.0 Å². The molecule has 1 aromatic rings. The van der Waals surface area contributed by atoms with Crippen molar-refractivity contribution in [1.29, 1.82) is 0 Å². The van der Waals surface area contributed by atoms with Crippen LogP contribution in [0.25, 0.3) is 12.2 Å². The predicted molar refractivity (Wildman–Crippen MR) is 90.0 cm³/mol. The van der Waals surface area contributed by atoms with Crippen LogP contribution in [0, 0.1) is 11.3 Å². The predicted octanol–water partition coefficient (Wildman–Crippen LogP) is 4.38. The maximum absolute atomic E-state index is 2.45. The zero-order valence-corrected chi connectivity index (χ0v) is 13.8. The topological polar surface area (TPSA) is 0 Å².